The lowest BCUT2D eigenvalue weighted by Crippen LogP contribution is -2.34. The fourth-order valence-corrected chi connectivity index (χ4v) is 3.56. The van der Waals surface area contributed by atoms with Crippen LogP contribution < -0.4 is 19.5 Å². The molecule has 2 amide bonds. The van der Waals surface area contributed by atoms with E-state index in [9.17, 15) is 9.59 Å². The Labute approximate surface area is 194 Å². The molecule has 176 valence electrons. The Morgan fingerprint density at radius 3 is 2.18 bits per heavy atom. The van der Waals surface area contributed by atoms with Gasteiger partial charge in [-0.15, -0.1) is 0 Å². The third kappa shape index (κ3) is 5.46. The third-order valence-electron chi connectivity index (χ3n) is 5.14. The van der Waals surface area contributed by atoms with Gasteiger partial charge < -0.3 is 24.3 Å². The Hall–Kier alpha value is -3.52. The van der Waals surface area contributed by atoms with Crippen molar-refractivity contribution in [2.45, 2.75) is 26.4 Å². The number of para-hydroxylation sites is 1. The zero-order valence-electron chi connectivity index (χ0n) is 19.6. The lowest BCUT2D eigenvalue weighted by molar-refractivity contribution is -0.137. The number of methoxy groups -OCH3 is 3. The highest BCUT2D eigenvalue weighted by Crippen LogP contribution is 2.36. The number of carbonyl (C=O) groups is 2. The highest BCUT2D eigenvalue weighted by molar-refractivity contribution is 6.37. The van der Waals surface area contributed by atoms with Gasteiger partial charge in [-0.25, -0.2) is 0 Å². The molecule has 3 rings (SSSR count). The molecule has 0 aromatic heterocycles. The summed E-state index contributed by atoms with van der Waals surface area (Å²) in [6.07, 6.45) is 0.618. The summed E-state index contributed by atoms with van der Waals surface area (Å²) >= 11 is 0. The first kappa shape index (κ1) is 24.1. The van der Waals surface area contributed by atoms with Crippen molar-refractivity contribution in [1.82, 2.24) is 4.90 Å². The molecule has 0 saturated heterocycles. The molecule has 1 aliphatic heterocycles. The quantitative estimate of drug-likeness (QED) is 0.409. The topological polar surface area (TPSA) is 86.3 Å². The second-order valence-corrected chi connectivity index (χ2v) is 7.71. The smallest absolute Gasteiger partial charge is 0.278 e. The second kappa shape index (κ2) is 10.9. The fraction of sp³-hybridized carbons (Fsp3) is 0.360. The van der Waals surface area contributed by atoms with Crippen LogP contribution in [0.3, 0.4) is 0 Å². The Bertz CT molecular complexity index is 1020. The summed E-state index contributed by atoms with van der Waals surface area (Å²) in [5.41, 5.74) is 1.52. The predicted octanol–water partition coefficient (Wildman–Crippen LogP) is 3.72. The number of nitrogens with zero attached hydrogens (tertiary/aromatic N) is 1. The largest absolute Gasteiger partial charge is 0.497 e. The van der Waals surface area contributed by atoms with Crippen molar-refractivity contribution in [3.8, 4) is 17.2 Å². The third-order valence-corrected chi connectivity index (χ3v) is 5.14. The summed E-state index contributed by atoms with van der Waals surface area (Å²) in [6.45, 7) is 4.58. The van der Waals surface area contributed by atoms with Gasteiger partial charge in [0.05, 0.1) is 33.0 Å². The molecule has 0 aliphatic carbocycles. The first-order valence-electron chi connectivity index (χ1n) is 10.7. The molecular weight excluding hydrogens is 424 g/mol. The van der Waals surface area contributed by atoms with Crippen molar-refractivity contribution >= 4 is 23.1 Å². The molecule has 0 radical (unpaired) electrons. The molecule has 0 spiro atoms. The maximum Gasteiger partial charge on any atom is 0.278 e. The Morgan fingerprint density at radius 1 is 0.909 bits per heavy atom. The summed E-state index contributed by atoms with van der Waals surface area (Å²) < 4.78 is 21.7. The molecule has 0 atom stereocenters. The van der Waals surface area contributed by atoms with Crippen molar-refractivity contribution < 1.29 is 28.5 Å². The van der Waals surface area contributed by atoms with Crippen molar-refractivity contribution in [2.75, 3.05) is 39.8 Å². The molecule has 8 heteroatoms. The van der Waals surface area contributed by atoms with Crippen LogP contribution in [-0.4, -0.2) is 57.3 Å². The van der Waals surface area contributed by atoms with Crippen LogP contribution in [0, 0.1) is 0 Å². The molecule has 2 aromatic carbocycles. The molecule has 2 aromatic rings. The van der Waals surface area contributed by atoms with Crippen LogP contribution in [0.25, 0.3) is 5.57 Å². The van der Waals surface area contributed by atoms with Gasteiger partial charge in [-0.3, -0.25) is 14.5 Å². The van der Waals surface area contributed by atoms with Gasteiger partial charge in [-0.05, 0) is 26.3 Å². The second-order valence-electron chi connectivity index (χ2n) is 7.71. The molecule has 0 bridgehead atoms. The summed E-state index contributed by atoms with van der Waals surface area (Å²) in [6, 6.07) is 12.3. The lowest BCUT2D eigenvalue weighted by Gasteiger charge is -2.16. The van der Waals surface area contributed by atoms with Gasteiger partial charge in [0.1, 0.15) is 22.9 Å². The number of benzene rings is 2. The number of hydrogen-bond acceptors (Lipinski definition) is 7. The number of ether oxygens (including phenoxy) is 4. The van der Waals surface area contributed by atoms with E-state index in [1.165, 1.54) is 12.0 Å². The minimum absolute atomic E-state index is 0.0810. The first-order valence-corrected chi connectivity index (χ1v) is 10.7. The van der Waals surface area contributed by atoms with E-state index in [1.807, 2.05) is 19.9 Å². The molecular formula is C25H30N2O6. The highest BCUT2D eigenvalue weighted by Gasteiger charge is 2.40. The monoisotopic (exact) mass is 454 g/mol. The molecule has 1 N–H and O–H groups in total. The highest BCUT2D eigenvalue weighted by atomic mass is 16.5. The van der Waals surface area contributed by atoms with E-state index in [0.29, 0.717) is 41.5 Å². The summed E-state index contributed by atoms with van der Waals surface area (Å²) in [4.78, 5) is 28.0. The number of nitrogens with one attached hydrogen (secondary N) is 1. The van der Waals surface area contributed by atoms with Gasteiger partial charge in [0.25, 0.3) is 11.8 Å². The van der Waals surface area contributed by atoms with Crippen LogP contribution in [0.4, 0.5) is 5.69 Å². The number of hydrogen-bond donors (Lipinski definition) is 1. The number of imide groups is 1. The zero-order chi connectivity index (χ0) is 24.0. The zero-order valence-corrected chi connectivity index (χ0v) is 19.6. The van der Waals surface area contributed by atoms with Gasteiger partial charge in [0.2, 0.25) is 0 Å². The minimum atomic E-state index is -0.410. The molecule has 0 saturated carbocycles. The number of rotatable bonds is 11. The normalized spacial score (nSPS) is 13.7. The van der Waals surface area contributed by atoms with Crippen LogP contribution in [-0.2, 0) is 14.3 Å². The van der Waals surface area contributed by atoms with E-state index in [2.05, 4.69) is 5.32 Å². The van der Waals surface area contributed by atoms with Crippen LogP contribution in [0.5, 0.6) is 17.2 Å². The van der Waals surface area contributed by atoms with E-state index in [-0.39, 0.29) is 29.8 Å². The van der Waals surface area contributed by atoms with E-state index >= 15 is 0 Å². The SMILES string of the molecule is COc1cc(NC2=C(c3ccccc3OC)C(=O)N(CCCOC(C)C)C2=O)cc(OC)c1. The summed E-state index contributed by atoms with van der Waals surface area (Å²) in [7, 11) is 4.62. The van der Waals surface area contributed by atoms with Crippen LogP contribution >= 0.6 is 0 Å². The van der Waals surface area contributed by atoms with Gasteiger partial charge in [-0.1, -0.05) is 18.2 Å². The average Bonchev–Trinajstić information content (AvgIpc) is 3.04. The van der Waals surface area contributed by atoms with E-state index in [4.69, 9.17) is 18.9 Å². The van der Waals surface area contributed by atoms with Crippen LogP contribution in [0.1, 0.15) is 25.8 Å². The van der Waals surface area contributed by atoms with E-state index < -0.39 is 5.91 Å². The standard InChI is InChI=1S/C25H30N2O6/c1-16(2)33-12-8-11-27-24(28)22(20-9-6-7-10-21(20)32-5)23(25(27)29)26-17-13-18(30-3)15-19(14-17)31-4/h6-7,9-10,13-16,26H,8,11-12H2,1-5H3. The van der Waals surface area contributed by atoms with Crippen LogP contribution in [0.15, 0.2) is 48.2 Å². The molecule has 0 fully saturated rings. The van der Waals surface area contributed by atoms with Crippen molar-refractivity contribution in [1.29, 1.82) is 0 Å². The summed E-state index contributed by atoms with van der Waals surface area (Å²) in [5, 5.41) is 3.13. The molecule has 33 heavy (non-hydrogen) atoms. The minimum Gasteiger partial charge on any atom is -0.497 e. The summed E-state index contributed by atoms with van der Waals surface area (Å²) in [5.74, 6) is 0.811. The van der Waals surface area contributed by atoms with Crippen molar-refractivity contribution in [3.05, 3.63) is 53.7 Å². The molecule has 0 unspecified atom stereocenters. The van der Waals surface area contributed by atoms with Gasteiger partial charge in [-0.2, -0.15) is 0 Å². The fourth-order valence-electron chi connectivity index (χ4n) is 3.56. The van der Waals surface area contributed by atoms with Crippen molar-refractivity contribution in [2.24, 2.45) is 0 Å². The molecule has 1 aliphatic rings. The molecule has 1 heterocycles. The molecule has 8 nitrogen and oxygen atoms in total. The number of amides is 2. The average molecular weight is 455 g/mol. The van der Waals surface area contributed by atoms with Gasteiger partial charge in [0, 0.05) is 42.6 Å². The first-order chi connectivity index (χ1) is 15.9. The van der Waals surface area contributed by atoms with Crippen LogP contribution in [0.2, 0.25) is 0 Å². The maximum absolute atomic E-state index is 13.4. The lowest BCUT2D eigenvalue weighted by atomic mass is 10.0. The van der Waals surface area contributed by atoms with E-state index in [0.717, 1.165) is 0 Å². The predicted molar refractivity (Wildman–Crippen MR) is 126 cm³/mol. The van der Waals surface area contributed by atoms with E-state index in [1.54, 1.807) is 50.6 Å². The number of anilines is 1. The van der Waals surface area contributed by atoms with Crippen molar-refractivity contribution in [3.63, 3.8) is 0 Å². The van der Waals surface area contributed by atoms with Gasteiger partial charge >= 0.3 is 0 Å². The maximum atomic E-state index is 13.4. The Balaban J connectivity index is 2.00. The number of carbonyl (C=O) groups excluding carboxylic acids is 2. The Kier molecular flexibility index (Phi) is 7.95. The van der Waals surface area contributed by atoms with Gasteiger partial charge in [0.15, 0.2) is 0 Å². The Morgan fingerprint density at radius 2 is 1.58 bits per heavy atom.